The molecule has 1 N–H and O–H groups in total. The molecule has 1 fully saturated rings. The van der Waals surface area contributed by atoms with Gasteiger partial charge in [0.05, 0.1) is 6.54 Å². The zero-order valence-corrected chi connectivity index (χ0v) is 10.2. The van der Waals surface area contributed by atoms with Crippen molar-refractivity contribution in [2.24, 2.45) is 0 Å². The standard InChI is InChI=1S/C14H13FN2O2/c15-11-5-1-9(2-6-11)8-17-13(10-3-4-10)7-12(16-17)14(18)19/h1-2,5-7,10H,3-4,8H2,(H,18,19). The molecule has 0 bridgehead atoms. The van der Waals surface area contributed by atoms with Gasteiger partial charge in [0, 0.05) is 11.6 Å². The molecule has 4 nitrogen and oxygen atoms in total. The molecule has 1 saturated carbocycles. The minimum atomic E-state index is -1.01. The highest BCUT2D eigenvalue weighted by Gasteiger charge is 2.29. The number of carboxylic acid groups (broad SMARTS) is 1. The molecule has 0 aliphatic heterocycles. The van der Waals surface area contributed by atoms with Crippen LogP contribution in [0.1, 0.15) is 40.5 Å². The molecule has 1 aromatic carbocycles. The monoisotopic (exact) mass is 260 g/mol. The highest BCUT2D eigenvalue weighted by molar-refractivity contribution is 5.85. The highest BCUT2D eigenvalue weighted by Crippen LogP contribution is 2.40. The maximum Gasteiger partial charge on any atom is 0.356 e. The fourth-order valence-corrected chi connectivity index (χ4v) is 2.13. The summed E-state index contributed by atoms with van der Waals surface area (Å²) in [5.74, 6) is -0.876. The Morgan fingerprint density at radius 3 is 2.63 bits per heavy atom. The van der Waals surface area contributed by atoms with Gasteiger partial charge in [-0.2, -0.15) is 5.10 Å². The highest BCUT2D eigenvalue weighted by atomic mass is 19.1. The molecule has 19 heavy (non-hydrogen) atoms. The minimum absolute atomic E-state index is 0.0732. The SMILES string of the molecule is O=C(O)c1cc(C2CC2)n(Cc2ccc(F)cc2)n1. The molecule has 0 radical (unpaired) electrons. The van der Waals surface area contributed by atoms with Crippen LogP contribution in [0.4, 0.5) is 4.39 Å². The number of aromatic carboxylic acids is 1. The van der Waals surface area contributed by atoms with Crippen molar-refractivity contribution in [3.05, 3.63) is 53.1 Å². The molecule has 0 atom stereocenters. The summed E-state index contributed by atoms with van der Waals surface area (Å²) < 4.78 is 14.6. The van der Waals surface area contributed by atoms with Gasteiger partial charge in [0.2, 0.25) is 0 Å². The van der Waals surface area contributed by atoms with Crippen LogP contribution in [0.2, 0.25) is 0 Å². The molecule has 0 unspecified atom stereocenters. The summed E-state index contributed by atoms with van der Waals surface area (Å²) in [5, 5.41) is 13.1. The van der Waals surface area contributed by atoms with Gasteiger partial charge in [-0.1, -0.05) is 12.1 Å². The number of rotatable bonds is 4. The van der Waals surface area contributed by atoms with Crippen molar-refractivity contribution < 1.29 is 14.3 Å². The number of hydrogen-bond donors (Lipinski definition) is 1. The Bertz CT molecular complexity index is 615. The van der Waals surface area contributed by atoms with Crippen LogP contribution in [0.15, 0.2) is 30.3 Å². The smallest absolute Gasteiger partial charge is 0.356 e. The van der Waals surface area contributed by atoms with E-state index in [0.717, 1.165) is 24.1 Å². The number of nitrogens with zero attached hydrogens (tertiary/aromatic N) is 2. The van der Waals surface area contributed by atoms with Gasteiger partial charge in [0.1, 0.15) is 5.82 Å². The summed E-state index contributed by atoms with van der Waals surface area (Å²) >= 11 is 0. The molecule has 0 spiro atoms. The lowest BCUT2D eigenvalue weighted by atomic mass is 10.2. The fraction of sp³-hybridized carbons (Fsp3) is 0.286. The van der Waals surface area contributed by atoms with Crippen molar-refractivity contribution in [1.82, 2.24) is 9.78 Å². The lowest BCUT2D eigenvalue weighted by molar-refractivity contribution is 0.0689. The molecule has 1 aliphatic carbocycles. The van der Waals surface area contributed by atoms with Crippen molar-refractivity contribution in [2.75, 3.05) is 0 Å². The molecule has 0 amide bonds. The van der Waals surface area contributed by atoms with E-state index in [1.54, 1.807) is 22.9 Å². The normalized spacial score (nSPS) is 14.6. The summed E-state index contributed by atoms with van der Waals surface area (Å²) in [6.45, 7) is 0.472. The van der Waals surface area contributed by atoms with Gasteiger partial charge in [-0.05, 0) is 36.6 Å². The molecule has 3 rings (SSSR count). The van der Waals surface area contributed by atoms with E-state index in [9.17, 15) is 9.18 Å². The largest absolute Gasteiger partial charge is 0.476 e. The van der Waals surface area contributed by atoms with E-state index in [1.807, 2.05) is 0 Å². The lowest BCUT2D eigenvalue weighted by Gasteiger charge is -2.06. The first kappa shape index (κ1) is 11.9. The van der Waals surface area contributed by atoms with Crippen molar-refractivity contribution in [3.8, 4) is 0 Å². The van der Waals surface area contributed by atoms with Crippen LogP contribution >= 0.6 is 0 Å². The molecular formula is C14H13FN2O2. The first-order chi connectivity index (χ1) is 9.13. The van der Waals surface area contributed by atoms with E-state index >= 15 is 0 Å². The number of carbonyl (C=O) groups is 1. The zero-order valence-electron chi connectivity index (χ0n) is 10.2. The van der Waals surface area contributed by atoms with E-state index in [1.165, 1.54) is 12.1 Å². The number of halogens is 1. The third kappa shape index (κ3) is 2.50. The Hall–Kier alpha value is -2.17. The van der Waals surface area contributed by atoms with Crippen LogP contribution in [0.5, 0.6) is 0 Å². The van der Waals surface area contributed by atoms with Gasteiger partial charge >= 0.3 is 5.97 Å². The Morgan fingerprint density at radius 1 is 1.37 bits per heavy atom. The van der Waals surface area contributed by atoms with Gasteiger partial charge in [-0.15, -0.1) is 0 Å². The Balaban J connectivity index is 1.90. The predicted molar refractivity (Wildman–Crippen MR) is 66.7 cm³/mol. The van der Waals surface area contributed by atoms with Crippen molar-refractivity contribution >= 4 is 5.97 Å². The van der Waals surface area contributed by atoms with E-state index in [0.29, 0.717) is 12.5 Å². The van der Waals surface area contributed by atoms with Crippen LogP contribution < -0.4 is 0 Å². The number of hydrogen-bond acceptors (Lipinski definition) is 2. The molecule has 2 aromatic rings. The van der Waals surface area contributed by atoms with Gasteiger partial charge in [0.25, 0.3) is 0 Å². The summed E-state index contributed by atoms with van der Waals surface area (Å²) in [4.78, 5) is 11.0. The van der Waals surface area contributed by atoms with Gasteiger partial charge in [0.15, 0.2) is 5.69 Å². The Morgan fingerprint density at radius 2 is 2.05 bits per heavy atom. The fourth-order valence-electron chi connectivity index (χ4n) is 2.13. The Labute approximate surface area is 109 Å². The maximum atomic E-state index is 12.9. The summed E-state index contributed by atoms with van der Waals surface area (Å²) in [6, 6.07) is 7.81. The van der Waals surface area contributed by atoms with Crippen LogP contribution in [-0.2, 0) is 6.54 Å². The quantitative estimate of drug-likeness (QED) is 0.919. The first-order valence-electron chi connectivity index (χ1n) is 6.19. The minimum Gasteiger partial charge on any atom is -0.476 e. The van der Waals surface area contributed by atoms with Crippen LogP contribution in [-0.4, -0.2) is 20.9 Å². The maximum absolute atomic E-state index is 12.9. The number of aromatic nitrogens is 2. The van der Waals surface area contributed by atoms with Crippen molar-refractivity contribution in [3.63, 3.8) is 0 Å². The second-order valence-electron chi connectivity index (χ2n) is 4.82. The lowest BCUT2D eigenvalue weighted by Crippen LogP contribution is -2.07. The van der Waals surface area contributed by atoms with Crippen molar-refractivity contribution in [1.29, 1.82) is 0 Å². The third-order valence-electron chi connectivity index (χ3n) is 3.27. The van der Waals surface area contributed by atoms with E-state index in [4.69, 9.17) is 5.11 Å². The van der Waals surface area contributed by atoms with Gasteiger partial charge in [-0.25, -0.2) is 9.18 Å². The molecule has 5 heteroatoms. The summed E-state index contributed by atoms with van der Waals surface area (Å²) in [7, 11) is 0. The topological polar surface area (TPSA) is 55.1 Å². The molecule has 1 aliphatic rings. The van der Waals surface area contributed by atoms with E-state index < -0.39 is 5.97 Å². The predicted octanol–water partition coefficient (Wildman–Crippen LogP) is 2.65. The number of benzene rings is 1. The van der Waals surface area contributed by atoms with Crippen LogP contribution in [0.3, 0.4) is 0 Å². The van der Waals surface area contributed by atoms with Crippen LogP contribution in [0.25, 0.3) is 0 Å². The van der Waals surface area contributed by atoms with E-state index in [-0.39, 0.29) is 11.5 Å². The Kier molecular flexibility index (Phi) is 2.81. The van der Waals surface area contributed by atoms with Gasteiger partial charge in [-0.3, -0.25) is 4.68 Å². The molecule has 1 heterocycles. The first-order valence-corrected chi connectivity index (χ1v) is 6.19. The van der Waals surface area contributed by atoms with E-state index in [2.05, 4.69) is 5.10 Å². The third-order valence-corrected chi connectivity index (χ3v) is 3.27. The average Bonchev–Trinajstić information content (AvgIpc) is 3.13. The second kappa shape index (κ2) is 4.50. The molecule has 98 valence electrons. The van der Waals surface area contributed by atoms with Gasteiger partial charge < -0.3 is 5.11 Å². The molecule has 1 aromatic heterocycles. The molecular weight excluding hydrogens is 247 g/mol. The van der Waals surface area contributed by atoms with Crippen LogP contribution in [0, 0.1) is 5.82 Å². The zero-order chi connectivity index (χ0) is 13.4. The van der Waals surface area contributed by atoms with Crippen molar-refractivity contribution in [2.45, 2.75) is 25.3 Å². The summed E-state index contributed by atoms with van der Waals surface area (Å²) in [6.07, 6.45) is 2.16. The second-order valence-corrected chi connectivity index (χ2v) is 4.82. The molecule has 0 saturated heterocycles. The number of carboxylic acids is 1. The average molecular weight is 260 g/mol. The summed E-state index contributed by atoms with van der Waals surface area (Å²) in [5.41, 5.74) is 1.94.